The van der Waals surface area contributed by atoms with Gasteiger partial charge < -0.3 is 10.1 Å². The third-order valence-electron chi connectivity index (χ3n) is 3.72. The van der Waals surface area contributed by atoms with Crippen LogP contribution in [0.15, 0.2) is 22.7 Å². The fourth-order valence-electron chi connectivity index (χ4n) is 2.18. The average Bonchev–Trinajstić information content (AvgIpc) is 2.46. The second-order valence-corrected chi connectivity index (χ2v) is 7.02. The van der Waals surface area contributed by atoms with E-state index in [9.17, 15) is 8.78 Å². The highest BCUT2D eigenvalue weighted by atomic mass is 79.9. The molecule has 0 aromatic heterocycles. The Kier molecular flexibility index (Phi) is 7.98. The van der Waals surface area contributed by atoms with Crippen LogP contribution in [-0.2, 0) is 6.54 Å². The Bertz CT molecular complexity index is 433. The van der Waals surface area contributed by atoms with Gasteiger partial charge in [-0.25, -0.2) is 0 Å². The largest absolute Gasteiger partial charge is 0.434 e. The quantitative estimate of drug-likeness (QED) is 0.645. The van der Waals surface area contributed by atoms with Gasteiger partial charge in [-0.1, -0.05) is 29.8 Å². The first-order valence-corrected chi connectivity index (χ1v) is 8.97. The molecule has 0 aliphatic carbocycles. The van der Waals surface area contributed by atoms with E-state index in [4.69, 9.17) is 0 Å². The molecule has 21 heavy (non-hydrogen) atoms. The molecule has 0 spiro atoms. The molecule has 0 saturated heterocycles. The molecule has 1 aromatic rings. The van der Waals surface area contributed by atoms with E-state index in [1.165, 1.54) is 0 Å². The Morgan fingerprint density at radius 3 is 2.52 bits per heavy atom. The number of ether oxygens (including phenoxy) is 1. The van der Waals surface area contributed by atoms with Gasteiger partial charge in [0.15, 0.2) is 0 Å². The van der Waals surface area contributed by atoms with Crippen LogP contribution in [0.25, 0.3) is 0 Å². The lowest BCUT2D eigenvalue weighted by atomic mass is 10.0. The zero-order valence-corrected chi connectivity index (χ0v) is 15.0. The van der Waals surface area contributed by atoms with Gasteiger partial charge in [0.1, 0.15) is 5.75 Å². The summed E-state index contributed by atoms with van der Waals surface area (Å²) in [7, 11) is 0. The molecule has 0 radical (unpaired) electrons. The fourth-order valence-corrected chi connectivity index (χ4v) is 3.42. The van der Waals surface area contributed by atoms with E-state index in [2.05, 4.69) is 46.1 Å². The normalized spacial score (nSPS) is 12.0. The van der Waals surface area contributed by atoms with Crippen molar-refractivity contribution in [1.29, 1.82) is 0 Å². The Hall–Kier alpha value is -0.330. The molecule has 0 heterocycles. The van der Waals surface area contributed by atoms with E-state index in [1.54, 1.807) is 12.1 Å². The van der Waals surface area contributed by atoms with Crippen LogP contribution in [0.1, 0.15) is 32.3 Å². The zero-order valence-electron chi connectivity index (χ0n) is 12.6. The van der Waals surface area contributed by atoms with E-state index >= 15 is 0 Å². The van der Waals surface area contributed by atoms with Crippen molar-refractivity contribution in [3.63, 3.8) is 0 Å². The van der Waals surface area contributed by atoms with Gasteiger partial charge in [-0.05, 0) is 37.3 Å². The van der Waals surface area contributed by atoms with Crippen molar-refractivity contribution in [2.45, 2.75) is 44.6 Å². The fraction of sp³-hybridized carbons (Fsp3) is 0.600. The monoisotopic (exact) mass is 381 g/mol. The van der Waals surface area contributed by atoms with Gasteiger partial charge in [-0.2, -0.15) is 20.5 Å². The number of thioether (sulfide) groups is 1. The van der Waals surface area contributed by atoms with E-state index in [-0.39, 0.29) is 10.5 Å². The molecule has 0 aliphatic rings. The molecule has 0 atom stereocenters. The van der Waals surface area contributed by atoms with Crippen molar-refractivity contribution in [2.24, 2.45) is 0 Å². The number of rotatable bonds is 9. The summed E-state index contributed by atoms with van der Waals surface area (Å²) in [4.78, 5) is 0. The van der Waals surface area contributed by atoms with Crippen LogP contribution in [-0.4, -0.2) is 24.2 Å². The molecule has 0 aliphatic heterocycles. The number of alkyl halides is 2. The molecule has 1 N–H and O–H groups in total. The van der Waals surface area contributed by atoms with Crippen LogP contribution >= 0.6 is 27.7 Å². The first-order chi connectivity index (χ1) is 9.96. The predicted octanol–water partition coefficient (Wildman–Crippen LogP) is 5.06. The standard InChI is InChI=1S/C15H22BrF2NOS/c1-4-15(5-2,21-3)10-19-9-11-8-12(16)6-7-13(11)20-14(17)18/h6-8,14,19H,4-5,9-10H2,1-3H3. The number of nitrogens with one attached hydrogen (secondary N) is 1. The van der Waals surface area contributed by atoms with Gasteiger partial charge in [0.25, 0.3) is 0 Å². The Labute approximate surface area is 138 Å². The Balaban J connectivity index is 2.72. The number of hydrogen-bond acceptors (Lipinski definition) is 3. The van der Waals surface area contributed by atoms with Crippen LogP contribution in [0.4, 0.5) is 8.78 Å². The SMILES string of the molecule is CCC(CC)(CNCc1cc(Br)ccc1OC(F)F)SC. The first kappa shape index (κ1) is 18.7. The van der Waals surface area contributed by atoms with Gasteiger partial charge in [0, 0.05) is 27.9 Å². The minimum Gasteiger partial charge on any atom is -0.434 e. The molecule has 6 heteroatoms. The first-order valence-electron chi connectivity index (χ1n) is 6.95. The molecule has 0 saturated carbocycles. The molecule has 0 unspecified atom stereocenters. The third-order valence-corrected chi connectivity index (χ3v) is 5.80. The van der Waals surface area contributed by atoms with Crippen molar-refractivity contribution in [1.82, 2.24) is 5.32 Å². The lowest BCUT2D eigenvalue weighted by Crippen LogP contribution is -2.36. The second-order valence-electron chi connectivity index (χ2n) is 4.83. The average molecular weight is 382 g/mol. The molecule has 1 rings (SSSR count). The van der Waals surface area contributed by atoms with Crippen LogP contribution in [0.5, 0.6) is 5.75 Å². The van der Waals surface area contributed by atoms with Crippen molar-refractivity contribution in [3.8, 4) is 5.75 Å². The van der Waals surface area contributed by atoms with Crippen LogP contribution < -0.4 is 10.1 Å². The minimum absolute atomic E-state index is 0.190. The highest BCUT2D eigenvalue weighted by Crippen LogP contribution is 2.30. The maximum absolute atomic E-state index is 12.4. The molecule has 1 aromatic carbocycles. The molecule has 0 fully saturated rings. The minimum atomic E-state index is -2.80. The van der Waals surface area contributed by atoms with Crippen molar-refractivity contribution in [3.05, 3.63) is 28.2 Å². The summed E-state index contributed by atoms with van der Waals surface area (Å²) in [6.45, 7) is 2.88. The van der Waals surface area contributed by atoms with Crippen LogP contribution in [0.2, 0.25) is 0 Å². The molecular formula is C15H22BrF2NOS. The van der Waals surface area contributed by atoms with E-state index < -0.39 is 6.61 Å². The Morgan fingerprint density at radius 2 is 2.00 bits per heavy atom. The number of halogens is 3. The highest BCUT2D eigenvalue weighted by molar-refractivity contribution is 9.10. The van der Waals surface area contributed by atoms with Gasteiger partial charge in [0.05, 0.1) is 0 Å². The van der Waals surface area contributed by atoms with Gasteiger partial charge >= 0.3 is 6.61 Å². The van der Waals surface area contributed by atoms with Crippen molar-refractivity contribution in [2.75, 3.05) is 12.8 Å². The third kappa shape index (κ3) is 5.75. The molecule has 120 valence electrons. The van der Waals surface area contributed by atoms with Crippen LogP contribution in [0, 0.1) is 0 Å². The maximum Gasteiger partial charge on any atom is 0.387 e. The lowest BCUT2D eigenvalue weighted by molar-refractivity contribution is -0.0505. The van der Waals surface area contributed by atoms with Gasteiger partial charge in [0.2, 0.25) is 0 Å². The topological polar surface area (TPSA) is 21.3 Å². The van der Waals surface area contributed by atoms with Crippen LogP contribution in [0.3, 0.4) is 0 Å². The molecule has 0 bridgehead atoms. The summed E-state index contributed by atoms with van der Waals surface area (Å²) in [5, 5.41) is 3.37. The molecule has 0 amide bonds. The van der Waals surface area contributed by atoms with Gasteiger partial charge in [-0.3, -0.25) is 0 Å². The van der Waals surface area contributed by atoms with E-state index in [1.807, 2.05) is 17.8 Å². The highest BCUT2D eigenvalue weighted by Gasteiger charge is 2.24. The van der Waals surface area contributed by atoms with E-state index in [0.29, 0.717) is 6.54 Å². The Morgan fingerprint density at radius 1 is 1.33 bits per heavy atom. The predicted molar refractivity (Wildman–Crippen MR) is 89.3 cm³/mol. The lowest BCUT2D eigenvalue weighted by Gasteiger charge is -2.30. The molecule has 2 nitrogen and oxygen atoms in total. The number of benzene rings is 1. The van der Waals surface area contributed by atoms with Gasteiger partial charge in [-0.15, -0.1) is 0 Å². The summed E-state index contributed by atoms with van der Waals surface area (Å²) in [6, 6.07) is 5.07. The zero-order chi connectivity index (χ0) is 15.9. The smallest absolute Gasteiger partial charge is 0.387 e. The summed E-state index contributed by atoms with van der Waals surface area (Å²) >= 11 is 5.21. The van der Waals surface area contributed by atoms with Crippen molar-refractivity contribution >= 4 is 27.7 Å². The number of hydrogen-bond donors (Lipinski definition) is 1. The summed E-state index contributed by atoms with van der Waals surface area (Å²) in [5.41, 5.74) is 0.729. The summed E-state index contributed by atoms with van der Waals surface area (Å²) in [6.07, 6.45) is 4.24. The van der Waals surface area contributed by atoms with Crippen molar-refractivity contribution < 1.29 is 13.5 Å². The van der Waals surface area contributed by atoms with E-state index in [0.717, 1.165) is 29.4 Å². The summed E-state index contributed by atoms with van der Waals surface area (Å²) < 4.78 is 30.4. The second kappa shape index (κ2) is 8.96. The molecular weight excluding hydrogens is 360 g/mol. The maximum atomic E-state index is 12.4. The summed E-state index contributed by atoms with van der Waals surface area (Å²) in [5.74, 6) is 0.225.